The van der Waals surface area contributed by atoms with Crippen molar-refractivity contribution in [2.45, 2.75) is 46.1 Å². The average molecular weight is 367 g/mol. The molecular weight excluding hydrogens is 334 g/mol. The molecule has 0 aromatic carbocycles. The van der Waals surface area contributed by atoms with Crippen LogP contribution in [-0.2, 0) is 9.57 Å². The first-order chi connectivity index (χ1) is 12.1. The van der Waals surface area contributed by atoms with Gasteiger partial charge in [0.1, 0.15) is 5.60 Å². The maximum atomic E-state index is 12.4. The highest BCUT2D eigenvalue weighted by atomic mass is 16.7. The highest BCUT2D eigenvalue weighted by molar-refractivity contribution is 5.75. The molecule has 0 fully saturated rings. The van der Waals surface area contributed by atoms with Gasteiger partial charge >= 0.3 is 12.1 Å². The number of hydroxylamine groups is 2. The fourth-order valence-electron chi connectivity index (χ4n) is 2.63. The molecule has 1 unspecified atom stereocenters. The summed E-state index contributed by atoms with van der Waals surface area (Å²) in [4.78, 5) is 33.2. The van der Waals surface area contributed by atoms with Crippen molar-refractivity contribution in [3.05, 3.63) is 23.9 Å². The van der Waals surface area contributed by atoms with Gasteiger partial charge in [-0.15, -0.1) is 0 Å². The van der Waals surface area contributed by atoms with E-state index in [1.165, 1.54) is 17.1 Å². The normalized spacial score (nSPS) is 16.3. The van der Waals surface area contributed by atoms with Crippen LogP contribution in [0.5, 0.6) is 0 Å². The SMILES string of the molecule is CCCN(CCC1C=CC=C1N(OC)C(=O)N(C)C)C(=O)OC(C)(C)C. The highest BCUT2D eigenvalue weighted by Crippen LogP contribution is 2.27. The quantitative estimate of drug-likeness (QED) is 0.645. The number of carbonyl (C=O) groups excluding carboxylic acids is 2. The van der Waals surface area contributed by atoms with Crippen LogP contribution in [0.3, 0.4) is 0 Å². The predicted octanol–water partition coefficient (Wildman–Crippen LogP) is 3.64. The van der Waals surface area contributed by atoms with E-state index in [0.29, 0.717) is 19.5 Å². The largest absolute Gasteiger partial charge is 0.444 e. The number of allylic oxidation sites excluding steroid dienone is 3. The van der Waals surface area contributed by atoms with Gasteiger partial charge in [0, 0.05) is 33.1 Å². The van der Waals surface area contributed by atoms with Crippen LogP contribution in [-0.4, -0.2) is 66.9 Å². The lowest BCUT2D eigenvalue weighted by Crippen LogP contribution is -2.40. The number of hydrogen-bond donors (Lipinski definition) is 0. The first-order valence-electron chi connectivity index (χ1n) is 9.02. The molecule has 1 aliphatic rings. The molecule has 0 aliphatic heterocycles. The van der Waals surface area contributed by atoms with Gasteiger partial charge in [0.25, 0.3) is 0 Å². The summed E-state index contributed by atoms with van der Waals surface area (Å²) in [6.45, 7) is 8.79. The van der Waals surface area contributed by atoms with Crippen LogP contribution < -0.4 is 0 Å². The Morgan fingerprint density at radius 3 is 2.35 bits per heavy atom. The number of urea groups is 1. The third-order valence-electron chi connectivity index (χ3n) is 3.82. The Kier molecular flexibility index (Phi) is 8.14. The molecule has 0 aromatic heterocycles. The first-order valence-corrected chi connectivity index (χ1v) is 9.02. The molecule has 1 atom stereocenters. The predicted molar refractivity (Wildman–Crippen MR) is 101 cm³/mol. The van der Waals surface area contributed by atoms with Gasteiger partial charge in [-0.2, -0.15) is 5.06 Å². The van der Waals surface area contributed by atoms with Crippen molar-refractivity contribution < 1.29 is 19.2 Å². The van der Waals surface area contributed by atoms with Crippen LogP contribution in [0.15, 0.2) is 23.9 Å². The molecule has 3 amide bonds. The maximum absolute atomic E-state index is 12.4. The Morgan fingerprint density at radius 1 is 1.19 bits per heavy atom. The molecule has 0 aromatic rings. The molecule has 0 bridgehead atoms. The molecule has 0 saturated carbocycles. The number of rotatable bonds is 7. The van der Waals surface area contributed by atoms with Gasteiger partial charge in [0.05, 0.1) is 12.8 Å². The Hall–Kier alpha value is -2.02. The summed E-state index contributed by atoms with van der Waals surface area (Å²) in [5.41, 5.74) is 0.249. The minimum absolute atomic E-state index is 0.000595. The Labute approximate surface area is 157 Å². The van der Waals surface area contributed by atoms with E-state index >= 15 is 0 Å². The minimum atomic E-state index is -0.521. The van der Waals surface area contributed by atoms with Crippen LogP contribution in [0.4, 0.5) is 9.59 Å². The van der Waals surface area contributed by atoms with Crippen LogP contribution in [0.25, 0.3) is 0 Å². The van der Waals surface area contributed by atoms with Crippen molar-refractivity contribution in [1.82, 2.24) is 14.9 Å². The molecule has 26 heavy (non-hydrogen) atoms. The van der Waals surface area contributed by atoms with Crippen molar-refractivity contribution >= 4 is 12.1 Å². The smallest absolute Gasteiger partial charge is 0.410 e. The van der Waals surface area contributed by atoms with Gasteiger partial charge < -0.3 is 14.5 Å². The van der Waals surface area contributed by atoms with Crippen molar-refractivity contribution in [3.63, 3.8) is 0 Å². The Balaban J connectivity index is 2.76. The number of carbonyl (C=O) groups is 2. The molecule has 0 saturated heterocycles. The summed E-state index contributed by atoms with van der Waals surface area (Å²) in [6.07, 6.45) is 7.02. The van der Waals surface area contributed by atoms with Gasteiger partial charge in [-0.25, -0.2) is 9.59 Å². The molecular formula is C19H33N3O4. The van der Waals surface area contributed by atoms with E-state index < -0.39 is 5.60 Å². The van der Waals surface area contributed by atoms with Crippen molar-refractivity contribution in [2.24, 2.45) is 5.92 Å². The second-order valence-electron chi connectivity index (χ2n) is 7.49. The lowest BCUT2D eigenvalue weighted by Gasteiger charge is -2.30. The summed E-state index contributed by atoms with van der Waals surface area (Å²) in [6, 6.07) is -0.245. The van der Waals surface area contributed by atoms with Gasteiger partial charge in [-0.1, -0.05) is 19.1 Å². The zero-order valence-corrected chi connectivity index (χ0v) is 17.1. The third kappa shape index (κ3) is 6.37. The highest BCUT2D eigenvalue weighted by Gasteiger charge is 2.28. The van der Waals surface area contributed by atoms with Crippen LogP contribution in [0, 0.1) is 5.92 Å². The molecule has 148 valence electrons. The van der Waals surface area contributed by atoms with Crippen LogP contribution in [0.2, 0.25) is 0 Å². The number of hydrogen-bond acceptors (Lipinski definition) is 4. The van der Waals surface area contributed by atoms with Gasteiger partial charge in [-0.05, 0) is 39.7 Å². The molecule has 7 nitrogen and oxygen atoms in total. The zero-order chi connectivity index (χ0) is 19.9. The van der Waals surface area contributed by atoms with Crippen LogP contribution in [0.1, 0.15) is 40.5 Å². The van der Waals surface area contributed by atoms with Crippen LogP contribution >= 0.6 is 0 Å². The zero-order valence-electron chi connectivity index (χ0n) is 17.1. The Bertz CT molecular complexity index is 549. The molecule has 0 spiro atoms. The Morgan fingerprint density at radius 2 is 1.85 bits per heavy atom. The summed E-state index contributed by atoms with van der Waals surface area (Å²) < 4.78 is 5.49. The fraction of sp³-hybridized carbons (Fsp3) is 0.684. The van der Waals surface area contributed by atoms with E-state index in [1.54, 1.807) is 19.0 Å². The third-order valence-corrected chi connectivity index (χ3v) is 3.82. The summed E-state index contributed by atoms with van der Waals surface area (Å²) in [7, 11) is 4.83. The lowest BCUT2D eigenvalue weighted by molar-refractivity contribution is -0.0711. The van der Waals surface area contributed by atoms with Gasteiger partial charge in [0.15, 0.2) is 0 Å². The number of amides is 3. The van der Waals surface area contributed by atoms with Gasteiger partial charge in [0.2, 0.25) is 0 Å². The van der Waals surface area contributed by atoms with E-state index in [1.807, 2.05) is 45.9 Å². The van der Waals surface area contributed by atoms with E-state index in [2.05, 4.69) is 0 Å². The second-order valence-corrected chi connectivity index (χ2v) is 7.49. The average Bonchev–Trinajstić information content (AvgIpc) is 2.98. The van der Waals surface area contributed by atoms with E-state index in [0.717, 1.165) is 12.1 Å². The number of ether oxygens (including phenoxy) is 1. The maximum Gasteiger partial charge on any atom is 0.410 e. The molecule has 1 rings (SSSR count). The monoisotopic (exact) mass is 367 g/mol. The summed E-state index contributed by atoms with van der Waals surface area (Å²) in [5, 5.41) is 1.29. The summed E-state index contributed by atoms with van der Waals surface area (Å²) in [5.74, 6) is 0.000595. The molecule has 1 aliphatic carbocycles. The molecule has 0 radical (unpaired) electrons. The van der Waals surface area contributed by atoms with Crippen molar-refractivity contribution in [3.8, 4) is 0 Å². The fourth-order valence-corrected chi connectivity index (χ4v) is 2.63. The second kappa shape index (κ2) is 9.62. The molecule has 0 heterocycles. The van der Waals surface area contributed by atoms with Crippen molar-refractivity contribution in [2.75, 3.05) is 34.3 Å². The standard InChI is InChI=1S/C19H33N3O4/c1-8-13-21(18(24)26-19(2,3)4)14-12-15-10-9-11-16(15)22(25-7)17(23)20(5)6/h9-11,15H,8,12-14H2,1-7H3. The summed E-state index contributed by atoms with van der Waals surface area (Å²) >= 11 is 0. The van der Waals surface area contributed by atoms with E-state index in [4.69, 9.17) is 9.57 Å². The molecule has 7 heteroatoms. The van der Waals surface area contributed by atoms with Gasteiger partial charge in [-0.3, -0.25) is 4.84 Å². The van der Waals surface area contributed by atoms with E-state index in [9.17, 15) is 9.59 Å². The first kappa shape index (κ1) is 22.0. The number of nitrogens with zero attached hydrogens (tertiary/aromatic N) is 3. The van der Waals surface area contributed by atoms with Crippen molar-refractivity contribution in [1.29, 1.82) is 0 Å². The minimum Gasteiger partial charge on any atom is -0.444 e. The molecule has 0 N–H and O–H groups in total. The van der Waals surface area contributed by atoms with E-state index in [-0.39, 0.29) is 18.0 Å². The lowest BCUT2D eigenvalue weighted by atomic mass is 10.0. The topological polar surface area (TPSA) is 62.3 Å².